The first-order valence-corrected chi connectivity index (χ1v) is 7.39. The molecule has 2 rings (SSSR count). The zero-order chi connectivity index (χ0) is 14.4. The van der Waals surface area contributed by atoms with Gasteiger partial charge in [0.2, 0.25) is 5.91 Å². The monoisotopic (exact) mass is 276 g/mol. The van der Waals surface area contributed by atoms with E-state index in [1.807, 2.05) is 12.1 Å². The van der Waals surface area contributed by atoms with Gasteiger partial charge in [-0.25, -0.2) is 0 Å². The topological polar surface area (TPSA) is 50.4 Å². The molecule has 2 N–H and O–H groups in total. The summed E-state index contributed by atoms with van der Waals surface area (Å²) in [6, 6.07) is 8.45. The van der Waals surface area contributed by atoms with Gasteiger partial charge in [-0.2, -0.15) is 0 Å². The molecule has 1 aromatic carbocycles. The van der Waals surface area contributed by atoms with Crippen LogP contribution in [-0.2, 0) is 4.79 Å². The summed E-state index contributed by atoms with van der Waals surface area (Å²) in [5.41, 5.74) is 1.25. The lowest BCUT2D eigenvalue weighted by atomic mass is 10.0. The molecule has 4 heteroatoms. The first-order valence-electron chi connectivity index (χ1n) is 7.39. The molecule has 1 unspecified atom stereocenters. The Labute approximate surface area is 120 Å². The number of hydrogen-bond donors (Lipinski definition) is 2. The number of amides is 1. The molecule has 1 fully saturated rings. The minimum absolute atomic E-state index is 0.212. The normalized spacial score (nSPS) is 15.7. The Kier molecular flexibility index (Phi) is 5.41. The van der Waals surface area contributed by atoms with Gasteiger partial charge < -0.3 is 15.4 Å². The minimum atomic E-state index is 0.212. The summed E-state index contributed by atoms with van der Waals surface area (Å²) in [7, 11) is 1.67. The molecule has 1 saturated carbocycles. The molecule has 1 atom stereocenters. The van der Waals surface area contributed by atoms with Crippen molar-refractivity contribution >= 4 is 5.91 Å². The number of ether oxygens (including phenoxy) is 1. The van der Waals surface area contributed by atoms with Crippen molar-refractivity contribution in [1.29, 1.82) is 0 Å². The molecule has 0 bridgehead atoms. The lowest BCUT2D eigenvalue weighted by Crippen LogP contribution is -2.34. The second-order valence-corrected chi connectivity index (χ2v) is 5.25. The van der Waals surface area contributed by atoms with Crippen molar-refractivity contribution in [2.75, 3.05) is 20.2 Å². The SMILES string of the molecule is CCC(NCCNC(=O)C1CC1)c1ccc(OC)cc1. The molecule has 0 spiro atoms. The van der Waals surface area contributed by atoms with Crippen molar-refractivity contribution in [3.8, 4) is 5.75 Å². The number of carbonyl (C=O) groups excluding carboxylic acids is 1. The van der Waals surface area contributed by atoms with Crippen LogP contribution in [0.5, 0.6) is 5.75 Å². The minimum Gasteiger partial charge on any atom is -0.497 e. The molecule has 1 aliphatic rings. The maximum atomic E-state index is 11.5. The van der Waals surface area contributed by atoms with Crippen LogP contribution in [0.3, 0.4) is 0 Å². The molecule has 0 aromatic heterocycles. The third-order valence-corrected chi connectivity index (χ3v) is 3.69. The van der Waals surface area contributed by atoms with Gasteiger partial charge in [0.1, 0.15) is 5.75 Å². The molecule has 0 heterocycles. The Morgan fingerprint density at radius 3 is 2.55 bits per heavy atom. The largest absolute Gasteiger partial charge is 0.497 e. The van der Waals surface area contributed by atoms with Crippen LogP contribution in [0.25, 0.3) is 0 Å². The number of carbonyl (C=O) groups is 1. The van der Waals surface area contributed by atoms with Crippen molar-refractivity contribution in [2.24, 2.45) is 5.92 Å². The molecular weight excluding hydrogens is 252 g/mol. The van der Waals surface area contributed by atoms with Gasteiger partial charge in [-0.15, -0.1) is 0 Å². The highest BCUT2D eigenvalue weighted by atomic mass is 16.5. The van der Waals surface area contributed by atoms with E-state index in [0.717, 1.165) is 31.6 Å². The summed E-state index contributed by atoms with van der Waals surface area (Å²) < 4.78 is 5.17. The molecule has 0 radical (unpaired) electrons. The van der Waals surface area contributed by atoms with Crippen molar-refractivity contribution in [3.63, 3.8) is 0 Å². The lowest BCUT2D eigenvalue weighted by Gasteiger charge is -2.18. The van der Waals surface area contributed by atoms with Crippen molar-refractivity contribution < 1.29 is 9.53 Å². The second-order valence-electron chi connectivity index (χ2n) is 5.25. The number of nitrogens with one attached hydrogen (secondary N) is 2. The first-order chi connectivity index (χ1) is 9.74. The highest BCUT2D eigenvalue weighted by Crippen LogP contribution is 2.28. The lowest BCUT2D eigenvalue weighted by molar-refractivity contribution is -0.122. The van der Waals surface area contributed by atoms with Crippen LogP contribution in [0.2, 0.25) is 0 Å². The average Bonchev–Trinajstić information content (AvgIpc) is 3.32. The van der Waals surface area contributed by atoms with Crippen LogP contribution in [-0.4, -0.2) is 26.1 Å². The van der Waals surface area contributed by atoms with Crippen LogP contribution in [0, 0.1) is 5.92 Å². The number of methoxy groups -OCH3 is 1. The summed E-state index contributed by atoms with van der Waals surface area (Å²) in [6.45, 7) is 3.65. The highest BCUT2D eigenvalue weighted by molar-refractivity contribution is 5.80. The van der Waals surface area contributed by atoms with Gasteiger partial charge in [-0.3, -0.25) is 4.79 Å². The summed E-state index contributed by atoms with van der Waals surface area (Å²) >= 11 is 0. The Balaban J connectivity index is 1.74. The summed E-state index contributed by atoms with van der Waals surface area (Å²) in [5.74, 6) is 1.38. The van der Waals surface area contributed by atoms with E-state index in [4.69, 9.17) is 4.74 Å². The molecular formula is C16H24N2O2. The van der Waals surface area contributed by atoms with Crippen molar-refractivity contribution in [3.05, 3.63) is 29.8 Å². The maximum Gasteiger partial charge on any atom is 0.223 e. The van der Waals surface area contributed by atoms with Crippen LogP contribution in [0.1, 0.15) is 37.8 Å². The van der Waals surface area contributed by atoms with Gasteiger partial charge in [0.05, 0.1) is 7.11 Å². The third-order valence-electron chi connectivity index (χ3n) is 3.69. The third kappa shape index (κ3) is 4.23. The van der Waals surface area contributed by atoms with Crippen LogP contribution < -0.4 is 15.4 Å². The van der Waals surface area contributed by atoms with E-state index in [1.54, 1.807) is 7.11 Å². The van der Waals surface area contributed by atoms with Crippen LogP contribution in [0.15, 0.2) is 24.3 Å². The molecule has 110 valence electrons. The smallest absolute Gasteiger partial charge is 0.223 e. The Bertz CT molecular complexity index is 427. The van der Waals surface area contributed by atoms with Gasteiger partial charge in [0, 0.05) is 25.0 Å². The maximum absolute atomic E-state index is 11.5. The zero-order valence-electron chi connectivity index (χ0n) is 12.3. The van der Waals surface area contributed by atoms with E-state index in [0.29, 0.717) is 18.5 Å². The van der Waals surface area contributed by atoms with Crippen LogP contribution >= 0.6 is 0 Å². The van der Waals surface area contributed by atoms with Gasteiger partial charge in [-0.1, -0.05) is 19.1 Å². The number of hydrogen-bond acceptors (Lipinski definition) is 3. The Morgan fingerprint density at radius 2 is 2.00 bits per heavy atom. The molecule has 1 aromatic rings. The average molecular weight is 276 g/mol. The Morgan fingerprint density at radius 1 is 1.30 bits per heavy atom. The molecule has 0 saturated heterocycles. The van der Waals surface area contributed by atoms with Gasteiger partial charge in [-0.05, 0) is 37.0 Å². The van der Waals surface area contributed by atoms with Gasteiger partial charge >= 0.3 is 0 Å². The van der Waals surface area contributed by atoms with Crippen LogP contribution in [0.4, 0.5) is 0 Å². The quantitative estimate of drug-likeness (QED) is 0.716. The van der Waals surface area contributed by atoms with E-state index in [9.17, 15) is 4.79 Å². The summed E-state index contributed by atoms with van der Waals surface area (Å²) in [5, 5.41) is 6.45. The summed E-state index contributed by atoms with van der Waals surface area (Å²) in [6.07, 6.45) is 3.13. The van der Waals surface area contributed by atoms with E-state index in [-0.39, 0.29) is 5.91 Å². The van der Waals surface area contributed by atoms with E-state index in [2.05, 4.69) is 29.7 Å². The number of rotatable bonds is 8. The molecule has 0 aliphatic heterocycles. The molecule has 4 nitrogen and oxygen atoms in total. The molecule has 1 amide bonds. The number of benzene rings is 1. The molecule has 1 aliphatic carbocycles. The van der Waals surface area contributed by atoms with Crippen molar-refractivity contribution in [1.82, 2.24) is 10.6 Å². The highest BCUT2D eigenvalue weighted by Gasteiger charge is 2.28. The van der Waals surface area contributed by atoms with E-state index < -0.39 is 0 Å². The van der Waals surface area contributed by atoms with E-state index in [1.165, 1.54) is 5.56 Å². The predicted octanol–water partition coefficient (Wildman–Crippen LogP) is 2.26. The summed E-state index contributed by atoms with van der Waals surface area (Å²) in [4.78, 5) is 11.5. The van der Waals surface area contributed by atoms with Gasteiger partial charge in [0.25, 0.3) is 0 Å². The van der Waals surface area contributed by atoms with Gasteiger partial charge in [0.15, 0.2) is 0 Å². The predicted molar refractivity (Wildman–Crippen MR) is 79.8 cm³/mol. The Hall–Kier alpha value is -1.55. The zero-order valence-corrected chi connectivity index (χ0v) is 12.3. The fourth-order valence-corrected chi connectivity index (χ4v) is 2.26. The second kappa shape index (κ2) is 7.29. The fourth-order valence-electron chi connectivity index (χ4n) is 2.26. The molecule has 20 heavy (non-hydrogen) atoms. The van der Waals surface area contributed by atoms with E-state index >= 15 is 0 Å². The standard InChI is InChI=1S/C16H24N2O2/c1-3-15(12-6-8-14(20-2)9-7-12)17-10-11-18-16(19)13-4-5-13/h6-9,13,15,17H,3-5,10-11H2,1-2H3,(H,18,19). The fraction of sp³-hybridized carbons (Fsp3) is 0.562. The first kappa shape index (κ1) is 14.9. The van der Waals surface area contributed by atoms with Crippen molar-refractivity contribution in [2.45, 2.75) is 32.2 Å².